The Kier molecular flexibility index (Phi) is 6.21. The number of pyridine rings is 1. The third-order valence-electron chi connectivity index (χ3n) is 4.01. The van der Waals surface area contributed by atoms with E-state index in [0.717, 1.165) is 22.0 Å². The molecule has 2 aromatic carbocycles. The Labute approximate surface area is 162 Å². The molecule has 0 aliphatic heterocycles. The first-order valence-corrected chi connectivity index (χ1v) is 8.84. The summed E-state index contributed by atoms with van der Waals surface area (Å²) in [4.78, 5) is 10.0. The van der Waals surface area contributed by atoms with Crippen LogP contribution in [0.4, 0.5) is 5.69 Å². The fourth-order valence-electron chi connectivity index (χ4n) is 2.79. The van der Waals surface area contributed by atoms with Crippen molar-refractivity contribution in [2.45, 2.75) is 6.54 Å². The summed E-state index contributed by atoms with van der Waals surface area (Å²) in [5.41, 5.74) is 7.61. The van der Waals surface area contributed by atoms with Crippen molar-refractivity contribution >= 4 is 34.0 Å². The Morgan fingerprint density at radius 3 is 2.89 bits per heavy atom. The molecule has 0 aliphatic rings. The highest BCUT2D eigenvalue weighted by Crippen LogP contribution is 2.19. The van der Waals surface area contributed by atoms with Crippen LogP contribution in [0.25, 0.3) is 10.8 Å². The lowest BCUT2D eigenvalue weighted by Crippen LogP contribution is -2.39. The smallest absolute Gasteiger partial charge is 0.214 e. The molecule has 0 aliphatic carbocycles. The maximum atomic E-state index is 9.15. The van der Waals surface area contributed by atoms with E-state index in [-0.39, 0.29) is 0 Å². The molecule has 27 heavy (non-hydrogen) atoms. The zero-order valence-electron chi connectivity index (χ0n) is 14.6. The van der Waals surface area contributed by atoms with E-state index in [1.165, 1.54) is 0 Å². The van der Waals surface area contributed by atoms with Gasteiger partial charge in [-0.25, -0.2) is 0 Å². The Hall–Kier alpha value is -3.14. The number of rotatable bonds is 5. The van der Waals surface area contributed by atoms with Gasteiger partial charge in [0.2, 0.25) is 12.2 Å². The molecule has 3 rings (SSSR count). The SMILES string of the molecule is N#C/N=C(/Nc1ccc2cnccc2c1)N(CCN)Cc1cccc(Cl)c1. The standard InChI is InChI=1S/C20H19ClN6/c21-18-3-1-2-15(10-18)13-27(9-7-22)20(25-14-23)26-19-5-4-17-12-24-8-6-16(17)11-19/h1-6,8,10-12H,7,9,13,22H2,(H,25,26). The van der Waals surface area contributed by atoms with Crippen molar-refractivity contribution in [1.29, 1.82) is 5.26 Å². The topological polar surface area (TPSA) is 90.3 Å². The summed E-state index contributed by atoms with van der Waals surface area (Å²) in [6.07, 6.45) is 5.42. The molecular weight excluding hydrogens is 360 g/mol. The number of benzene rings is 2. The largest absolute Gasteiger partial charge is 0.336 e. The lowest BCUT2D eigenvalue weighted by Gasteiger charge is -2.26. The summed E-state index contributed by atoms with van der Waals surface area (Å²) in [5.74, 6) is 0.441. The third-order valence-corrected chi connectivity index (χ3v) is 4.25. The molecule has 0 spiro atoms. The van der Waals surface area contributed by atoms with Crippen LogP contribution in [0.15, 0.2) is 65.9 Å². The summed E-state index contributed by atoms with van der Waals surface area (Å²) < 4.78 is 0. The second kappa shape index (κ2) is 8.99. The molecule has 0 saturated heterocycles. The zero-order valence-corrected chi connectivity index (χ0v) is 15.4. The Morgan fingerprint density at radius 2 is 2.11 bits per heavy atom. The van der Waals surface area contributed by atoms with Crippen molar-refractivity contribution in [3.63, 3.8) is 0 Å². The average Bonchev–Trinajstić information content (AvgIpc) is 2.67. The number of guanidine groups is 1. The van der Waals surface area contributed by atoms with E-state index in [0.29, 0.717) is 30.6 Å². The first kappa shape index (κ1) is 18.6. The fourth-order valence-corrected chi connectivity index (χ4v) is 3.00. The number of aliphatic imine (C=N–C) groups is 1. The Morgan fingerprint density at radius 1 is 1.22 bits per heavy atom. The van der Waals surface area contributed by atoms with Gasteiger partial charge in [0.1, 0.15) is 0 Å². The molecule has 1 heterocycles. The van der Waals surface area contributed by atoms with E-state index in [1.807, 2.05) is 65.8 Å². The van der Waals surface area contributed by atoms with Crippen molar-refractivity contribution in [2.75, 3.05) is 18.4 Å². The van der Waals surface area contributed by atoms with Crippen LogP contribution in [-0.2, 0) is 6.54 Å². The maximum absolute atomic E-state index is 9.15. The molecule has 3 aromatic rings. The second-order valence-corrected chi connectivity index (χ2v) is 6.37. The normalized spacial score (nSPS) is 11.2. The zero-order chi connectivity index (χ0) is 19.1. The van der Waals surface area contributed by atoms with Crippen molar-refractivity contribution in [1.82, 2.24) is 9.88 Å². The molecule has 3 N–H and O–H groups in total. The number of hydrogen-bond donors (Lipinski definition) is 2. The van der Waals surface area contributed by atoms with Gasteiger partial charge in [-0.3, -0.25) is 4.98 Å². The molecule has 136 valence electrons. The number of nitrogens with zero attached hydrogens (tertiary/aromatic N) is 4. The highest BCUT2D eigenvalue weighted by atomic mass is 35.5. The van der Waals surface area contributed by atoms with Crippen LogP contribution in [0, 0.1) is 11.5 Å². The van der Waals surface area contributed by atoms with Crippen molar-refractivity contribution in [3.8, 4) is 6.19 Å². The van der Waals surface area contributed by atoms with Gasteiger partial charge in [0, 0.05) is 48.1 Å². The van der Waals surface area contributed by atoms with Gasteiger partial charge < -0.3 is 16.0 Å². The fraction of sp³-hybridized carbons (Fsp3) is 0.150. The molecule has 7 heteroatoms. The summed E-state index contributed by atoms with van der Waals surface area (Å²) in [5, 5.41) is 15.1. The van der Waals surface area contributed by atoms with Gasteiger partial charge in [-0.15, -0.1) is 4.99 Å². The van der Waals surface area contributed by atoms with Gasteiger partial charge in [-0.2, -0.15) is 5.26 Å². The Balaban J connectivity index is 1.86. The van der Waals surface area contributed by atoms with Crippen LogP contribution in [-0.4, -0.2) is 28.9 Å². The van der Waals surface area contributed by atoms with Crippen molar-refractivity contribution in [3.05, 3.63) is 71.5 Å². The minimum absolute atomic E-state index is 0.427. The third kappa shape index (κ3) is 4.94. The maximum Gasteiger partial charge on any atom is 0.214 e. The summed E-state index contributed by atoms with van der Waals surface area (Å²) >= 11 is 6.08. The van der Waals surface area contributed by atoms with Gasteiger partial charge in [-0.05, 0) is 41.3 Å². The molecule has 0 bridgehead atoms. The molecular formula is C20H19ClN6. The second-order valence-electron chi connectivity index (χ2n) is 5.94. The molecule has 6 nitrogen and oxygen atoms in total. The van der Waals surface area contributed by atoms with Crippen LogP contribution >= 0.6 is 11.6 Å². The van der Waals surface area contributed by atoms with Crippen LogP contribution in [0.5, 0.6) is 0 Å². The van der Waals surface area contributed by atoms with E-state index < -0.39 is 0 Å². The van der Waals surface area contributed by atoms with E-state index in [2.05, 4.69) is 15.3 Å². The lowest BCUT2D eigenvalue weighted by molar-refractivity contribution is 0.421. The van der Waals surface area contributed by atoms with Crippen LogP contribution < -0.4 is 11.1 Å². The number of fused-ring (bicyclic) bond motifs is 1. The summed E-state index contributed by atoms with van der Waals surface area (Å²) in [6.45, 7) is 1.50. The number of hydrogen-bond acceptors (Lipinski definition) is 4. The minimum atomic E-state index is 0.427. The van der Waals surface area contributed by atoms with Gasteiger partial charge in [-0.1, -0.05) is 29.8 Å². The first-order chi connectivity index (χ1) is 13.2. The van der Waals surface area contributed by atoms with Gasteiger partial charge in [0.05, 0.1) is 0 Å². The lowest BCUT2D eigenvalue weighted by atomic mass is 10.1. The minimum Gasteiger partial charge on any atom is -0.336 e. The molecule has 0 atom stereocenters. The quantitative estimate of drug-likeness (QED) is 0.402. The van der Waals surface area contributed by atoms with E-state index in [1.54, 1.807) is 6.20 Å². The predicted molar refractivity (Wildman–Crippen MR) is 109 cm³/mol. The van der Waals surface area contributed by atoms with Crippen LogP contribution in [0.1, 0.15) is 5.56 Å². The van der Waals surface area contributed by atoms with E-state index >= 15 is 0 Å². The van der Waals surface area contributed by atoms with Crippen molar-refractivity contribution in [2.24, 2.45) is 10.7 Å². The number of anilines is 1. The molecule has 0 fully saturated rings. The molecule has 0 amide bonds. The summed E-state index contributed by atoms with van der Waals surface area (Å²) in [6, 6.07) is 15.4. The number of nitrogens with one attached hydrogen (secondary N) is 1. The highest BCUT2D eigenvalue weighted by Gasteiger charge is 2.13. The van der Waals surface area contributed by atoms with E-state index in [4.69, 9.17) is 22.6 Å². The molecule has 0 unspecified atom stereocenters. The summed E-state index contributed by atoms with van der Waals surface area (Å²) in [7, 11) is 0. The van der Waals surface area contributed by atoms with Crippen LogP contribution in [0.3, 0.4) is 0 Å². The monoisotopic (exact) mass is 378 g/mol. The van der Waals surface area contributed by atoms with Crippen LogP contribution in [0.2, 0.25) is 5.02 Å². The Bertz CT molecular complexity index is 995. The number of nitriles is 1. The highest BCUT2D eigenvalue weighted by molar-refractivity contribution is 6.30. The number of nitrogens with two attached hydrogens (primary N) is 1. The van der Waals surface area contributed by atoms with Gasteiger partial charge >= 0.3 is 0 Å². The molecule has 0 saturated carbocycles. The molecule has 1 aromatic heterocycles. The molecule has 0 radical (unpaired) electrons. The van der Waals surface area contributed by atoms with Crippen molar-refractivity contribution < 1.29 is 0 Å². The van der Waals surface area contributed by atoms with Gasteiger partial charge in [0.25, 0.3) is 0 Å². The van der Waals surface area contributed by atoms with E-state index in [9.17, 15) is 0 Å². The number of halogens is 1. The predicted octanol–water partition coefficient (Wildman–Crippen LogP) is 3.60. The number of aromatic nitrogens is 1. The average molecular weight is 379 g/mol. The van der Waals surface area contributed by atoms with Gasteiger partial charge in [0.15, 0.2) is 0 Å². The first-order valence-electron chi connectivity index (χ1n) is 8.46.